The first-order chi connectivity index (χ1) is 12.3. The van der Waals surface area contributed by atoms with E-state index in [-0.39, 0.29) is 5.75 Å². The van der Waals surface area contributed by atoms with E-state index in [4.69, 9.17) is 0 Å². The Morgan fingerprint density at radius 1 is 0.400 bits per heavy atom. The van der Waals surface area contributed by atoms with Crippen molar-refractivity contribution in [2.75, 3.05) is 0 Å². The van der Waals surface area contributed by atoms with Crippen LogP contribution in [0.1, 0.15) is 0 Å². The van der Waals surface area contributed by atoms with Crippen LogP contribution in [0.25, 0.3) is 33.4 Å². The Kier molecular flexibility index (Phi) is 4.05. The van der Waals surface area contributed by atoms with Crippen molar-refractivity contribution in [1.82, 2.24) is 0 Å². The molecule has 0 unspecified atom stereocenters. The molecule has 0 fully saturated rings. The molecule has 1 nitrogen and oxygen atoms in total. The number of hydrogen-bond acceptors (Lipinski definition) is 0. The molecule has 0 bridgehead atoms. The summed E-state index contributed by atoms with van der Waals surface area (Å²) in [6.07, 6.45) is 0. The molecule has 1 radical (unpaired) electrons. The topological polar surface area (TPSA) is 19.9 Å². The van der Waals surface area contributed by atoms with E-state index in [9.17, 15) is 5.11 Å². The fraction of sp³-hybridized carbons (Fsp3) is 0. The van der Waals surface area contributed by atoms with Crippen LogP contribution < -0.4 is 0 Å². The largest absolute Gasteiger partial charge is 0.289 e. The van der Waals surface area contributed by atoms with Crippen molar-refractivity contribution in [3.63, 3.8) is 0 Å². The lowest BCUT2D eigenvalue weighted by atomic mass is 9.92. The highest BCUT2D eigenvalue weighted by atomic mass is 16.3. The van der Waals surface area contributed by atoms with Gasteiger partial charge in [0.25, 0.3) is 0 Å². The SMILES string of the molecule is [O]c1c(-c2ccccc2)cc(-c2ccccc2)cc1-c1ccccc1. The summed E-state index contributed by atoms with van der Waals surface area (Å²) in [6.45, 7) is 0. The molecule has 119 valence electrons. The van der Waals surface area contributed by atoms with Crippen LogP contribution in [0.15, 0.2) is 103 Å². The summed E-state index contributed by atoms with van der Waals surface area (Å²) < 4.78 is 0. The van der Waals surface area contributed by atoms with Gasteiger partial charge in [0.2, 0.25) is 0 Å². The van der Waals surface area contributed by atoms with Crippen molar-refractivity contribution < 1.29 is 5.11 Å². The van der Waals surface area contributed by atoms with Crippen LogP contribution in [0.5, 0.6) is 5.75 Å². The molecule has 4 aromatic rings. The third-order valence-corrected chi connectivity index (χ3v) is 4.37. The smallest absolute Gasteiger partial charge is 0.194 e. The second-order valence-corrected chi connectivity index (χ2v) is 6.00. The van der Waals surface area contributed by atoms with Crippen LogP contribution >= 0.6 is 0 Å². The van der Waals surface area contributed by atoms with E-state index >= 15 is 0 Å². The van der Waals surface area contributed by atoms with Crippen molar-refractivity contribution in [2.45, 2.75) is 0 Å². The molecule has 25 heavy (non-hydrogen) atoms. The van der Waals surface area contributed by atoms with Gasteiger partial charge in [-0.05, 0) is 34.4 Å². The molecule has 1 heteroatoms. The molecular formula is C24H17O. The Morgan fingerprint density at radius 2 is 0.760 bits per heavy atom. The molecule has 0 aliphatic rings. The molecule has 0 aliphatic heterocycles. The molecule has 0 saturated carbocycles. The quantitative estimate of drug-likeness (QED) is 0.394. The van der Waals surface area contributed by atoms with Gasteiger partial charge in [0.1, 0.15) is 0 Å². The van der Waals surface area contributed by atoms with Crippen LogP contribution in [-0.2, 0) is 5.11 Å². The van der Waals surface area contributed by atoms with Crippen molar-refractivity contribution in [2.24, 2.45) is 0 Å². The summed E-state index contributed by atoms with van der Waals surface area (Å²) >= 11 is 0. The summed E-state index contributed by atoms with van der Waals surface area (Å²) in [5.41, 5.74) is 5.53. The van der Waals surface area contributed by atoms with E-state index in [0.29, 0.717) is 0 Å². The third-order valence-electron chi connectivity index (χ3n) is 4.37. The van der Waals surface area contributed by atoms with Crippen molar-refractivity contribution in [3.05, 3.63) is 103 Å². The van der Waals surface area contributed by atoms with Crippen molar-refractivity contribution in [3.8, 4) is 39.1 Å². The highest BCUT2D eigenvalue weighted by Gasteiger charge is 2.15. The summed E-state index contributed by atoms with van der Waals surface area (Å²) in [7, 11) is 0. The number of benzene rings is 4. The molecule has 4 aromatic carbocycles. The monoisotopic (exact) mass is 321 g/mol. The summed E-state index contributed by atoms with van der Waals surface area (Å²) in [5.74, 6) is 0.0667. The predicted molar refractivity (Wildman–Crippen MR) is 103 cm³/mol. The molecular weight excluding hydrogens is 304 g/mol. The van der Waals surface area contributed by atoms with E-state index in [2.05, 4.69) is 12.1 Å². The van der Waals surface area contributed by atoms with Crippen LogP contribution in [0.2, 0.25) is 0 Å². The van der Waals surface area contributed by atoms with Crippen molar-refractivity contribution in [1.29, 1.82) is 0 Å². The van der Waals surface area contributed by atoms with Gasteiger partial charge in [0, 0.05) is 11.1 Å². The van der Waals surface area contributed by atoms with E-state index < -0.39 is 0 Å². The summed E-state index contributed by atoms with van der Waals surface area (Å²) in [4.78, 5) is 0. The maximum absolute atomic E-state index is 13.2. The molecule has 0 heterocycles. The minimum atomic E-state index is 0.0667. The maximum Gasteiger partial charge on any atom is 0.194 e. The second kappa shape index (κ2) is 6.66. The molecule has 4 rings (SSSR count). The maximum atomic E-state index is 13.2. The Morgan fingerprint density at radius 3 is 1.16 bits per heavy atom. The standard InChI is InChI=1S/C24H17O/c25-24-22(19-12-6-2-7-13-19)16-21(18-10-4-1-5-11-18)17-23(24)20-14-8-3-9-15-20/h1-17H. The van der Waals surface area contributed by atoms with Gasteiger partial charge in [-0.3, -0.25) is 5.11 Å². The molecule has 0 amide bonds. The number of hydrogen-bond donors (Lipinski definition) is 0. The first-order valence-corrected chi connectivity index (χ1v) is 8.34. The third kappa shape index (κ3) is 3.05. The van der Waals surface area contributed by atoms with Crippen LogP contribution in [0.3, 0.4) is 0 Å². The summed E-state index contributed by atoms with van der Waals surface area (Å²) in [5, 5.41) is 13.2. The van der Waals surface area contributed by atoms with Crippen LogP contribution in [-0.4, -0.2) is 0 Å². The van der Waals surface area contributed by atoms with Gasteiger partial charge in [-0.1, -0.05) is 91.0 Å². The fourth-order valence-electron chi connectivity index (χ4n) is 3.09. The van der Waals surface area contributed by atoms with Gasteiger partial charge in [-0.15, -0.1) is 0 Å². The summed E-state index contributed by atoms with van der Waals surface area (Å²) in [6, 6.07) is 33.9. The van der Waals surface area contributed by atoms with Gasteiger partial charge in [0.15, 0.2) is 5.75 Å². The predicted octanol–water partition coefficient (Wildman–Crippen LogP) is 6.83. The lowest BCUT2D eigenvalue weighted by Crippen LogP contribution is -1.87. The highest BCUT2D eigenvalue weighted by molar-refractivity contribution is 5.87. The highest BCUT2D eigenvalue weighted by Crippen LogP contribution is 2.42. The first-order valence-electron chi connectivity index (χ1n) is 8.34. The molecule has 0 spiro atoms. The zero-order valence-electron chi connectivity index (χ0n) is 13.7. The Labute approximate surface area is 147 Å². The van der Waals surface area contributed by atoms with Crippen LogP contribution in [0.4, 0.5) is 0 Å². The molecule has 0 atom stereocenters. The molecule has 0 aliphatic carbocycles. The number of rotatable bonds is 3. The molecule has 0 aromatic heterocycles. The minimum absolute atomic E-state index is 0.0667. The van der Waals surface area contributed by atoms with E-state index in [1.165, 1.54) is 0 Å². The van der Waals surface area contributed by atoms with Crippen LogP contribution in [0, 0.1) is 0 Å². The molecule has 0 N–H and O–H groups in total. The first kappa shape index (κ1) is 15.2. The van der Waals surface area contributed by atoms with Crippen molar-refractivity contribution >= 4 is 0 Å². The average molecular weight is 321 g/mol. The van der Waals surface area contributed by atoms with Gasteiger partial charge >= 0.3 is 0 Å². The lowest BCUT2D eigenvalue weighted by Gasteiger charge is -2.12. The zero-order valence-corrected chi connectivity index (χ0v) is 13.7. The fourth-order valence-corrected chi connectivity index (χ4v) is 3.09. The van der Waals surface area contributed by atoms with E-state index in [1.54, 1.807) is 0 Å². The van der Waals surface area contributed by atoms with Gasteiger partial charge in [-0.25, -0.2) is 0 Å². The minimum Gasteiger partial charge on any atom is -0.289 e. The lowest BCUT2D eigenvalue weighted by molar-refractivity contribution is 0.358. The van der Waals surface area contributed by atoms with Gasteiger partial charge in [-0.2, -0.15) is 0 Å². The average Bonchev–Trinajstić information content (AvgIpc) is 2.70. The Hall–Kier alpha value is -3.32. The van der Waals surface area contributed by atoms with E-state index in [0.717, 1.165) is 33.4 Å². The van der Waals surface area contributed by atoms with E-state index in [1.807, 2.05) is 91.0 Å². The molecule has 0 saturated heterocycles. The Bertz CT molecular complexity index is 914. The van der Waals surface area contributed by atoms with Gasteiger partial charge < -0.3 is 0 Å². The normalized spacial score (nSPS) is 10.6. The zero-order chi connectivity index (χ0) is 17.1. The van der Waals surface area contributed by atoms with Gasteiger partial charge in [0.05, 0.1) is 0 Å². The Balaban J connectivity index is 1.98. The second-order valence-electron chi connectivity index (χ2n) is 6.00.